The number of aromatic nitrogens is 4. The van der Waals surface area contributed by atoms with Crippen molar-refractivity contribution in [2.45, 2.75) is 181 Å². The molecule has 0 saturated heterocycles. The van der Waals surface area contributed by atoms with E-state index in [9.17, 15) is 61.1 Å². The van der Waals surface area contributed by atoms with E-state index in [0.29, 0.717) is 11.8 Å². The molecule has 5 N–H and O–H groups in total. The number of nitrogens with two attached hydrogens (primary N) is 1. The van der Waals surface area contributed by atoms with Gasteiger partial charge in [-0.1, -0.05) is 140 Å². The molecule has 1 unspecified atom stereocenters. The van der Waals surface area contributed by atoms with E-state index in [1.807, 2.05) is 27.7 Å². The monoisotopic (exact) mass is 956 g/mol. The first-order valence-electron chi connectivity index (χ1n) is 19.5. The van der Waals surface area contributed by atoms with Crippen molar-refractivity contribution in [1.29, 1.82) is 0 Å². The van der Waals surface area contributed by atoms with Gasteiger partial charge < -0.3 is 10.4 Å². The number of H-pyrrole nitrogens is 1. The van der Waals surface area contributed by atoms with Gasteiger partial charge in [-0.05, 0) is 44.4 Å². The van der Waals surface area contributed by atoms with E-state index >= 15 is 0 Å². The number of primary sulfonamides is 1. The van der Waals surface area contributed by atoms with Crippen LogP contribution in [0.1, 0.15) is 157 Å². The van der Waals surface area contributed by atoms with E-state index in [0.717, 1.165) is 31.3 Å². The van der Waals surface area contributed by atoms with Crippen LogP contribution in [0.2, 0.25) is 0 Å². The molecule has 11 nitrogen and oxygen atoms in total. The largest absolute Gasteiger partial charge is 0.432 e. The molecule has 0 aliphatic heterocycles. The second-order valence-electron chi connectivity index (χ2n) is 17.0. The zero-order valence-corrected chi connectivity index (χ0v) is 41.0. The van der Waals surface area contributed by atoms with Gasteiger partial charge in [0.2, 0.25) is 10.0 Å². The van der Waals surface area contributed by atoms with Gasteiger partial charge in [0.1, 0.15) is 0 Å². The molecule has 1 atom stereocenters. The highest BCUT2D eigenvalue weighted by Crippen LogP contribution is 2.43. The first-order valence-corrected chi connectivity index (χ1v) is 21.1. The first-order chi connectivity index (χ1) is 27.0. The van der Waals surface area contributed by atoms with Crippen molar-refractivity contribution in [2.75, 3.05) is 0 Å². The van der Waals surface area contributed by atoms with Gasteiger partial charge in [0.25, 0.3) is 0 Å². The Morgan fingerprint density at radius 2 is 0.984 bits per heavy atom. The quantitative estimate of drug-likeness (QED) is 0.0948. The SMILES string of the molecule is CC(=NO)C(C)C.CC(C)C.CC(C)C(=NO)C(F)(F)F.CC(C)C(C)(C)C(F)(F)F.CC(C)C(C)C(F)(F)F.CC(C)C(F)(F)F.CC(C)S(N)(=O)=O.CC(C)c1nn[nH]n1. The van der Waals surface area contributed by atoms with Gasteiger partial charge in [-0.3, -0.25) is 0 Å². The van der Waals surface area contributed by atoms with Gasteiger partial charge in [-0.25, -0.2) is 13.6 Å². The summed E-state index contributed by atoms with van der Waals surface area (Å²) in [6.07, 6.45) is -16.6. The fourth-order valence-electron chi connectivity index (χ4n) is 1.73. The maximum Gasteiger partial charge on any atom is 0.432 e. The average Bonchev–Trinajstić information content (AvgIpc) is 3.59. The molecule has 0 bridgehead atoms. The van der Waals surface area contributed by atoms with Crippen LogP contribution in [-0.4, -0.2) is 80.8 Å². The van der Waals surface area contributed by atoms with Crippen LogP contribution in [0.25, 0.3) is 0 Å². The zero-order valence-electron chi connectivity index (χ0n) is 40.2. The maximum absolute atomic E-state index is 12.1. The minimum atomic E-state index is -4.51. The van der Waals surface area contributed by atoms with Crippen LogP contribution in [0.5, 0.6) is 0 Å². The second-order valence-corrected chi connectivity index (χ2v) is 19.1. The molecule has 1 rings (SSSR count). The van der Waals surface area contributed by atoms with Crippen LogP contribution >= 0.6 is 0 Å². The Morgan fingerprint density at radius 3 is 1.02 bits per heavy atom. The number of nitrogens with one attached hydrogen (secondary N) is 1. The summed E-state index contributed by atoms with van der Waals surface area (Å²) in [7, 11) is -3.24. The fraction of sp³-hybridized carbons (Fsp3) is 0.921. The minimum Gasteiger partial charge on any atom is -0.411 e. The van der Waals surface area contributed by atoms with Crippen molar-refractivity contribution in [1.82, 2.24) is 20.6 Å². The van der Waals surface area contributed by atoms with Gasteiger partial charge >= 0.3 is 24.7 Å². The third kappa shape index (κ3) is 45.1. The molecule has 0 amide bonds. The molecule has 24 heteroatoms. The number of hydrogen-bond donors (Lipinski definition) is 4. The molecule has 62 heavy (non-hydrogen) atoms. The van der Waals surface area contributed by atoms with E-state index in [2.05, 4.69) is 56.8 Å². The number of sulfonamides is 1. The molecule has 0 aromatic carbocycles. The highest BCUT2D eigenvalue weighted by atomic mass is 32.2. The Bertz CT molecular complexity index is 1370. The van der Waals surface area contributed by atoms with Crippen molar-refractivity contribution in [3.8, 4) is 0 Å². The smallest absolute Gasteiger partial charge is 0.411 e. The van der Waals surface area contributed by atoms with E-state index < -0.39 is 68.9 Å². The second kappa shape index (κ2) is 33.6. The molecule has 0 fully saturated rings. The summed E-state index contributed by atoms with van der Waals surface area (Å²) in [5.41, 5.74) is -1.93. The lowest BCUT2D eigenvalue weighted by Crippen LogP contribution is -2.36. The van der Waals surface area contributed by atoms with Crippen LogP contribution in [0.15, 0.2) is 10.3 Å². The van der Waals surface area contributed by atoms with Crippen molar-refractivity contribution >= 4 is 21.4 Å². The number of oxime groups is 2. The fourth-order valence-corrected chi connectivity index (χ4v) is 1.73. The Kier molecular flexibility index (Phi) is 39.8. The van der Waals surface area contributed by atoms with Crippen molar-refractivity contribution in [3.05, 3.63) is 5.82 Å². The van der Waals surface area contributed by atoms with Gasteiger partial charge in [-0.2, -0.15) is 57.9 Å². The predicted molar refractivity (Wildman–Crippen MR) is 222 cm³/mol. The van der Waals surface area contributed by atoms with Crippen molar-refractivity contribution in [3.63, 3.8) is 0 Å². The summed E-state index contributed by atoms with van der Waals surface area (Å²) >= 11 is 0. The molecule has 0 spiro atoms. The lowest BCUT2D eigenvalue weighted by atomic mass is 9.81. The number of hydrogen-bond acceptors (Lipinski definition) is 9. The first kappa shape index (κ1) is 73.5. The molecule has 0 saturated carbocycles. The van der Waals surface area contributed by atoms with Crippen molar-refractivity contribution in [2.24, 2.45) is 62.3 Å². The normalized spacial score (nSPS) is 13.3. The predicted octanol–water partition coefficient (Wildman–Crippen LogP) is 13.5. The Morgan fingerprint density at radius 1 is 0.645 bits per heavy atom. The molecule has 0 radical (unpaired) electrons. The number of aromatic amines is 1. The molecular formula is C38H77F12N7O4S. The van der Waals surface area contributed by atoms with E-state index in [4.69, 9.17) is 10.4 Å². The topological polar surface area (TPSA) is 180 Å². The van der Waals surface area contributed by atoms with E-state index in [-0.39, 0.29) is 11.8 Å². The maximum atomic E-state index is 12.1. The number of alkyl halides is 12. The third-order valence-corrected chi connectivity index (χ3v) is 9.13. The average molecular weight is 956 g/mol. The van der Waals surface area contributed by atoms with Gasteiger partial charge in [-0.15, -0.1) is 10.2 Å². The zero-order chi connectivity index (χ0) is 52.2. The lowest BCUT2D eigenvalue weighted by Gasteiger charge is -2.31. The Hall–Kier alpha value is -2.92. The van der Waals surface area contributed by atoms with Crippen LogP contribution in [0.3, 0.4) is 0 Å². The standard InChI is InChI=1S/C7H13F3.C6H11F3.C5H8F3NO.C5H11NO.C4H7F3.C4H8N4.C4H10.C3H9NO2S/c1-5(2)6(3,4)7(8,9)10;1-4(2)5(3)6(7,8)9;1-3(2)4(9-10)5(6,7)8;1-4(2)5(3)6-7;1-3(2)4(5,6)7;1-3(2)4-5-7-8-6-4;1-4(2)3;1-3(2)7(4,5)6/h5H,1-4H3;4-5H,1-3H3;3,10H,1-2H3;4,7H,1-3H3;3H,1-2H3;3H,1-2H3,(H,5,6,7,8);4H,1-3H3;3H,1-2H3,(H2,4,5,6). The molecule has 1 aromatic heterocycles. The third-order valence-electron chi connectivity index (χ3n) is 7.82. The van der Waals surface area contributed by atoms with Crippen LogP contribution < -0.4 is 5.14 Å². The number of halogens is 12. The molecule has 378 valence electrons. The molecule has 0 aliphatic carbocycles. The van der Waals surface area contributed by atoms with Gasteiger partial charge in [0.15, 0.2) is 11.5 Å². The van der Waals surface area contributed by atoms with Crippen LogP contribution in [0, 0.1) is 46.8 Å². The lowest BCUT2D eigenvalue weighted by molar-refractivity contribution is -0.225. The number of nitrogens with zero attached hydrogens (tertiary/aromatic N) is 5. The molecule has 1 heterocycles. The summed E-state index contributed by atoms with van der Waals surface area (Å²) < 4.78 is 160. The number of rotatable bonds is 6. The number of tetrazole rings is 1. The van der Waals surface area contributed by atoms with Gasteiger partial charge in [0, 0.05) is 17.8 Å². The Balaban J connectivity index is -0.000000113. The molecule has 0 aliphatic rings. The summed E-state index contributed by atoms with van der Waals surface area (Å²) in [6.45, 7) is 34.2. The van der Waals surface area contributed by atoms with Crippen molar-refractivity contribution < 1.29 is 71.5 Å². The highest BCUT2D eigenvalue weighted by molar-refractivity contribution is 7.89. The summed E-state index contributed by atoms with van der Waals surface area (Å²) in [5.74, 6) is -1.53. The summed E-state index contributed by atoms with van der Waals surface area (Å²) in [4.78, 5) is 0. The molecule has 1 aromatic rings. The van der Waals surface area contributed by atoms with E-state index in [1.165, 1.54) is 48.5 Å². The molecular weight excluding hydrogens is 879 g/mol. The Labute approximate surface area is 362 Å². The van der Waals surface area contributed by atoms with E-state index in [1.54, 1.807) is 34.6 Å². The van der Waals surface area contributed by atoms with Crippen LogP contribution in [0.4, 0.5) is 52.7 Å². The van der Waals surface area contributed by atoms with Crippen LogP contribution in [-0.2, 0) is 10.0 Å². The minimum absolute atomic E-state index is 0.315. The summed E-state index contributed by atoms with van der Waals surface area (Å²) in [6, 6.07) is 0. The highest BCUT2D eigenvalue weighted by Gasteiger charge is 2.49. The van der Waals surface area contributed by atoms with Gasteiger partial charge in [0.05, 0.1) is 22.3 Å². The summed E-state index contributed by atoms with van der Waals surface area (Å²) in [5, 5.41) is 38.7.